The fourth-order valence-corrected chi connectivity index (χ4v) is 3.71. The smallest absolute Gasteiger partial charge is 0.380 e. The first-order valence-electron chi connectivity index (χ1n) is 10.4. The number of nitrogens with one attached hydrogen (secondary N) is 3. The number of fused-ring (bicyclic) bond motifs is 1. The molecule has 0 bridgehead atoms. The standard InChI is InChI=1S/C22H20ClN5O7/c23-7-8-28(14-6-3-12-10-24-19(31)15(12)9-14)21(33)17(30)16(29)20(32)25-13-4-1-11(2-5-13)18-26-22(34)35-27-18/h1-6,9,16-17,29-30H,7-8,10H2,(H,24,31)(H,25,32)(H,26,27,34)/t16-,17-/m1/s1. The third-order valence-corrected chi connectivity index (χ3v) is 5.52. The number of aromatic amines is 1. The van der Waals surface area contributed by atoms with Crippen LogP contribution in [0.25, 0.3) is 11.4 Å². The Morgan fingerprint density at radius 2 is 1.89 bits per heavy atom. The van der Waals surface area contributed by atoms with Gasteiger partial charge in [0, 0.05) is 41.5 Å². The molecule has 4 rings (SSSR count). The number of carbonyl (C=O) groups excluding carboxylic acids is 3. The molecule has 2 heterocycles. The normalized spacial score (nSPS) is 14.1. The average molecular weight is 502 g/mol. The minimum Gasteiger partial charge on any atom is -0.380 e. The van der Waals surface area contributed by atoms with Crippen LogP contribution in [0, 0.1) is 0 Å². The van der Waals surface area contributed by atoms with E-state index in [4.69, 9.17) is 11.6 Å². The highest BCUT2D eigenvalue weighted by Crippen LogP contribution is 2.24. The van der Waals surface area contributed by atoms with Gasteiger partial charge in [0.25, 0.3) is 17.7 Å². The zero-order valence-corrected chi connectivity index (χ0v) is 18.8. The van der Waals surface area contributed by atoms with E-state index >= 15 is 0 Å². The summed E-state index contributed by atoms with van der Waals surface area (Å²) in [4.78, 5) is 52.0. The molecule has 2 aromatic carbocycles. The molecule has 35 heavy (non-hydrogen) atoms. The molecule has 182 valence electrons. The molecule has 1 aromatic heterocycles. The molecule has 0 radical (unpaired) electrons. The highest BCUT2D eigenvalue weighted by molar-refractivity contribution is 6.18. The number of halogens is 1. The molecule has 0 unspecified atom stereocenters. The number of amides is 3. The van der Waals surface area contributed by atoms with Gasteiger partial charge in [0.05, 0.1) is 0 Å². The first-order valence-corrected chi connectivity index (χ1v) is 10.9. The van der Waals surface area contributed by atoms with Crippen LogP contribution in [0.1, 0.15) is 15.9 Å². The van der Waals surface area contributed by atoms with E-state index in [2.05, 4.69) is 25.3 Å². The van der Waals surface area contributed by atoms with Crippen molar-refractivity contribution < 1.29 is 29.1 Å². The first kappa shape index (κ1) is 24.1. The van der Waals surface area contributed by atoms with Crippen LogP contribution >= 0.6 is 11.6 Å². The predicted octanol–water partition coefficient (Wildman–Crippen LogP) is 0.206. The molecular formula is C22H20ClN5O7. The van der Waals surface area contributed by atoms with E-state index in [-0.39, 0.29) is 29.8 Å². The van der Waals surface area contributed by atoms with Crippen LogP contribution in [0.4, 0.5) is 11.4 Å². The molecule has 3 amide bonds. The molecule has 3 aromatic rings. The number of anilines is 2. The molecule has 13 heteroatoms. The average Bonchev–Trinajstić information content (AvgIpc) is 3.46. The second-order valence-corrected chi connectivity index (χ2v) is 7.98. The van der Waals surface area contributed by atoms with Gasteiger partial charge in [0.15, 0.2) is 18.0 Å². The van der Waals surface area contributed by atoms with Crippen molar-refractivity contribution >= 4 is 40.7 Å². The van der Waals surface area contributed by atoms with E-state index in [0.29, 0.717) is 23.4 Å². The molecule has 0 saturated carbocycles. The van der Waals surface area contributed by atoms with Crippen molar-refractivity contribution in [2.24, 2.45) is 0 Å². The number of alkyl halides is 1. The van der Waals surface area contributed by atoms with Gasteiger partial charge in [-0.15, -0.1) is 11.6 Å². The predicted molar refractivity (Wildman–Crippen MR) is 124 cm³/mol. The van der Waals surface area contributed by atoms with Gasteiger partial charge in [0.1, 0.15) is 0 Å². The summed E-state index contributed by atoms with van der Waals surface area (Å²) in [5.74, 6) is -2.79. The van der Waals surface area contributed by atoms with Crippen LogP contribution in [0.5, 0.6) is 0 Å². The monoisotopic (exact) mass is 501 g/mol. The van der Waals surface area contributed by atoms with Crippen molar-refractivity contribution in [3.63, 3.8) is 0 Å². The van der Waals surface area contributed by atoms with Gasteiger partial charge in [-0.25, -0.2) is 4.79 Å². The Bertz CT molecular complexity index is 1320. The lowest BCUT2D eigenvalue weighted by Gasteiger charge is -2.26. The molecule has 0 saturated heterocycles. The fourth-order valence-electron chi connectivity index (χ4n) is 3.54. The second kappa shape index (κ2) is 10.1. The number of H-pyrrole nitrogens is 1. The summed E-state index contributed by atoms with van der Waals surface area (Å²) in [6.45, 7) is 0.342. The molecule has 1 aliphatic heterocycles. The van der Waals surface area contributed by atoms with Crippen molar-refractivity contribution in [1.82, 2.24) is 15.5 Å². The van der Waals surface area contributed by atoms with Gasteiger partial charge in [-0.2, -0.15) is 0 Å². The number of nitrogens with zero attached hydrogens (tertiary/aromatic N) is 2. The zero-order valence-electron chi connectivity index (χ0n) is 18.0. The number of carbonyl (C=O) groups is 3. The van der Waals surface area contributed by atoms with E-state index in [9.17, 15) is 29.4 Å². The third kappa shape index (κ3) is 5.09. The van der Waals surface area contributed by atoms with Gasteiger partial charge >= 0.3 is 5.76 Å². The Kier molecular flexibility index (Phi) is 6.96. The molecule has 5 N–H and O–H groups in total. The molecular weight excluding hydrogens is 482 g/mol. The SMILES string of the molecule is O=C1NCc2ccc(N(CCCl)C(=O)[C@H](O)[C@@H](O)C(=O)Nc3ccc(-c4noc(=O)[nH]4)cc3)cc21. The van der Waals surface area contributed by atoms with E-state index in [0.717, 1.165) is 10.5 Å². The van der Waals surface area contributed by atoms with Crippen molar-refractivity contribution in [3.05, 3.63) is 64.1 Å². The number of aliphatic hydroxyl groups is 2. The summed E-state index contributed by atoms with van der Waals surface area (Å²) in [7, 11) is 0. The Balaban J connectivity index is 1.45. The van der Waals surface area contributed by atoms with Gasteiger partial charge in [-0.1, -0.05) is 11.2 Å². The second-order valence-electron chi connectivity index (χ2n) is 7.60. The lowest BCUT2D eigenvalue weighted by molar-refractivity contribution is -0.141. The maximum absolute atomic E-state index is 12.9. The number of benzene rings is 2. The Labute approximate surface area is 202 Å². The Morgan fingerprint density at radius 1 is 1.14 bits per heavy atom. The quantitative estimate of drug-likeness (QED) is 0.272. The Hall–Kier alpha value is -4.00. The van der Waals surface area contributed by atoms with Crippen LogP contribution in [0.15, 0.2) is 51.8 Å². The summed E-state index contributed by atoms with van der Waals surface area (Å²) < 4.78 is 4.43. The molecule has 12 nitrogen and oxygen atoms in total. The highest BCUT2D eigenvalue weighted by atomic mass is 35.5. The Morgan fingerprint density at radius 3 is 2.54 bits per heavy atom. The topological polar surface area (TPSA) is 178 Å². The maximum atomic E-state index is 12.9. The van der Waals surface area contributed by atoms with Crippen LogP contribution in [-0.4, -0.2) is 62.7 Å². The van der Waals surface area contributed by atoms with Crippen LogP contribution in [0.2, 0.25) is 0 Å². The molecule has 0 aliphatic carbocycles. The van der Waals surface area contributed by atoms with Crippen LogP contribution in [0.3, 0.4) is 0 Å². The van der Waals surface area contributed by atoms with E-state index in [1.807, 2.05) is 0 Å². The molecule has 1 aliphatic rings. The van der Waals surface area contributed by atoms with Crippen molar-refractivity contribution in [2.75, 3.05) is 22.6 Å². The lowest BCUT2D eigenvalue weighted by Crippen LogP contribution is -2.50. The summed E-state index contributed by atoms with van der Waals surface area (Å²) in [6, 6.07) is 10.8. The van der Waals surface area contributed by atoms with E-state index in [1.165, 1.54) is 30.3 Å². The number of aliphatic hydroxyl groups excluding tert-OH is 2. The lowest BCUT2D eigenvalue weighted by atomic mass is 10.1. The number of aromatic nitrogens is 2. The fraction of sp³-hybridized carbons (Fsp3) is 0.227. The number of hydrogen-bond acceptors (Lipinski definition) is 8. The van der Waals surface area contributed by atoms with Gasteiger partial charge < -0.3 is 25.7 Å². The van der Waals surface area contributed by atoms with Crippen LogP contribution < -0.4 is 21.3 Å². The first-order chi connectivity index (χ1) is 16.8. The van der Waals surface area contributed by atoms with E-state index in [1.54, 1.807) is 12.1 Å². The summed E-state index contributed by atoms with van der Waals surface area (Å²) >= 11 is 5.82. The minimum absolute atomic E-state index is 0.00711. The zero-order chi connectivity index (χ0) is 25.1. The summed E-state index contributed by atoms with van der Waals surface area (Å²) in [6.07, 6.45) is -4.19. The molecule has 2 atom stereocenters. The van der Waals surface area contributed by atoms with Crippen molar-refractivity contribution in [2.45, 2.75) is 18.8 Å². The van der Waals surface area contributed by atoms with E-state index < -0.39 is 29.8 Å². The number of hydrogen-bond donors (Lipinski definition) is 5. The molecule has 0 fully saturated rings. The maximum Gasteiger partial charge on any atom is 0.439 e. The van der Waals surface area contributed by atoms with Crippen molar-refractivity contribution in [3.8, 4) is 11.4 Å². The van der Waals surface area contributed by atoms with Gasteiger partial charge in [-0.05, 0) is 42.0 Å². The van der Waals surface area contributed by atoms with Gasteiger partial charge in [-0.3, -0.25) is 23.9 Å². The van der Waals surface area contributed by atoms with Crippen molar-refractivity contribution in [1.29, 1.82) is 0 Å². The summed E-state index contributed by atoms with van der Waals surface area (Å²) in [5, 5.41) is 29.4. The highest BCUT2D eigenvalue weighted by Gasteiger charge is 2.34. The number of rotatable bonds is 8. The summed E-state index contributed by atoms with van der Waals surface area (Å²) in [5.41, 5.74) is 2.20. The third-order valence-electron chi connectivity index (χ3n) is 5.35. The van der Waals surface area contributed by atoms with Gasteiger partial charge in [0.2, 0.25) is 0 Å². The molecule has 0 spiro atoms. The van der Waals surface area contributed by atoms with Crippen LogP contribution in [-0.2, 0) is 16.1 Å². The minimum atomic E-state index is -2.10. The largest absolute Gasteiger partial charge is 0.439 e.